The zero-order chi connectivity index (χ0) is 17.8. The van der Waals surface area contributed by atoms with Crippen molar-refractivity contribution in [3.8, 4) is 17.2 Å². The predicted octanol–water partition coefficient (Wildman–Crippen LogP) is 3.92. The second kappa shape index (κ2) is 5.15. The molecule has 1 atom stereocenters. The number of para-hydroxylation sites is 1. The molecule has 0 aliphatic carbocycles. The van der Waals surface area contributed by atoms with Crippen LogP contribution in [0.4, 0.5) is 11.4 Å². The molecule has 5 heteroatoms. The van der Waals surface area contributed by atoms with Gasteiger partial charge in [-0.05, 0) is 25.5 Å². The van der Waals surface area contributed by atoms with Crippen LogP contribution in [0.2, 0.25) is 0 Å². The number of benzene rings is 2. The van der Waals surface area contributed by atoms with E-state index in [1.165, 1.54) is 5.56 Å². The van der Waals surface area contributed by atoms with Crippen LogP contribution in [0.15, 0.2) is 41.4 Å². The summed E-state index contributed by atoms with van der Waals surface area (Å²) in [5, 5.41) is 0. The quantitative estimate of drug-likeness (QED) is 0.832. The number of ether oxygens (including phenoxy) is 3. The van der Waals surface area contributed by atoms with Crippen molar-refractivity contribution in [2.24, 2.45) is 4.99 Å². The van der Waals surface area contributed by atoms with Crippen molar-refractivity contribution >= 4 is 17.6 Å². The van der Waals surface area contributed by atoms with E-state index in [1.54, 1.807) is 14.2 Å². The summed E-state index contributed by atoms with van der Waals surface area (Å²) in [7, 11) is 5.29. The predicted molar refractivity (Wildman–Crippen MR) is 98.9 cm³/mol. The number of hydrogen-bond donors (Lipinski definition) is 0. The standard InChI is InChI=1S/C20H22N2O3/c1-19(2)14-8-6-7-9-15(14)22(3)20(19)12-21-18-16(24-5)10-13(23-4)11-17(18)25-20/h6-12H,1-5H3. The van der Waals surface area contributed by atoms with Crippen molar-refractivity contribution in [3.05, 3.63) is 42.0 Å². The summed E-state index contributed by atoms with van der Waals surface area (Å²) in [6, 6.07) is 12.1. The van der Waals surface area contributed by atoms with Crippen LogP contribution in [0.25, 0.3) is 0 Å². The van der Waals surface area contributed by atoms with Crippen molar-refractivity contribution in [3.63, 3.8) is 0 Å². The summed E-state index contributed by atoms with van der Waals surface area (Å²) < 4.78 is 17.4. The maximum absolute atomic E-state index is 6.59. The fourth-order valence-electron chi connectivity index (χ4n) is 3.91. The van der Waals surface area contributed by atoms with E-state index in [-0.39, 0.29) is 5.41 Å². The molecule has 0 bridgehead atoms. The Hall–Kier alpha value is -2.69. The van der Waals surface area contributed by atoms with Crippen molar-refractivity contribution in [2.45, 2.75) is 25.0 Å². The molecule has 2 aliphatic rings. The first-order valence-electron chi connectivity index (χ1n) is 8.28. The Morgan fingerprint density at radius 3 is 2.52 bits per heavy atom. The van der Waals surface area contributed by atoms with Crippen LogP contribution in [0.1, 0.15) is 19.4 Å². The van der Waals surface area contributed by atoms with Gasteiger partial charge in [-0.1, -0.05) is 18.2 Å². The largest absolute Gasteiger partial charge is 0.496 e. The number of fused-ring (bicyclic) bond motifs is 2. The molecule has 130 valence electrons. The van der Waals surface area contributed by atoms with Crippen molar-refractivity contribution in [1.82, 2.24) is 0 Å². The molecule has 0 amide bonds. The van der Waals surface area contributed by atoms with Gasteiger partial charge in [0.2, 0.25) is 5.72 Å². The minimum atomic E-state index is -0.707. The summed E-state index contributed by atoms with van der Waals surface area (Å²) in [4.78, 5) is 6.88. The van der Waals surface area contributed by atoms with Crippen LogP contribution in [0, 0.1) is 0 Å². The lowest BCUT2D eigenvalue weighted by atomic mass is 9.77. The summed E-state index contributed by atoms with van der Waals surface area (Å²) >= 11 is 0. The molecule has 2 aromatic rings. The molecule has 0 N–H and O–H groups in total. The Morgan fingerprint density at radius 1 is 1.08 bits per heavy atom. The Bertz CT molecular complexity index is 875. The van der Waals surface area contributed by atoms with Gasteiger partial charge in [0.25, 0.3) is 0 Å². The summed E-state index contributed by atoms with van der Waals surface area (Å²) in [5.74, 6) is 1.97. The first-order chi connectivity index (χ1) is 11.9. The minimum Gasteiger partial charge on any atom is -0.496 e. The number of anilines is 1. The molecule has 2 aromatic carbocycles. The third-order valence-electron chi connectivity index (χ3n) is 5.44. The zero-order valence-corrected chi connectivity index (χ0v) is 15.2. The molecule has 0 aromatic heterocycles. The van der Waals surface area contributed by atoms with E-state index in [0.29, 0.717) is 22.9 Å². The summed E-state index contributed by atoms with van der Waals surface area (Å²) in [6.45, 7) is 4.37. The van der Waals surface area contributed by atoms with E-state index in [2.05, 4.69) is 36.9 Å². The first kappa shape index (κ1) is 15.8. The monoisotopic (exact) mass is 338 g/mol. The minimum absolute atomic E-state index is 0.282. The molecule has 25 heavy (non-hydrogen) atoms. The zero-order valence-electron chi connectivity index (χ0n) is 15.2. The van der Waals surface area contributed by atoms with Gasteiger partial charge in [0.15, 0.2) is 11.5 Å². The molecule has 4 rings (SSSR count). The molecular formula is C20H22N2O3. The van der Waals surface area contributed by atoms with Gasteiger partial charge in [0.05, 0.1) is 25.8 Å². The number of likely N-dealkylation sites (N-methyl/N-ethyl adjacent to an activating group) is 1. The molecule has 1 spiro atoms. The molecule has 0 radical (unpaired) electrons. The number of rotatable bonds is 2. The maximum atomic E-state index is 6.59. The van der Waals surface area contributed by atoms with E-state index >= 15 is 0 Å². The molecular weight excluding hydrogens is 316 g/mol. The Morgan fingerprint density at radius 2 is 1.84 bits per heavy atom. The average Bonchev–Trinajstić information content (AvgIpc) is 2.79. The fraction of sp³-hybridized carbons (Fsp3) is 0.350. The second-order valence-electron chi connectivity index (χ2n) is 6.93. The lowest BCUT2D eigenvalue weighted by Gasteiger charge is -2.44. The Balaban J connectivity index is 1.89. The van der Waals surface area contributed by atoms with Crippen molar-refractivity contribution in [2.75, 3.05) is 26.2 Å². The van der Waals surface area contributed by atoms with Crippen LogP contribution in [0.5, 0.6) is 17.2 Å². The number of nitrogens with zero attached hydrogens (tertiary/aromatic N) is 2. The number of hydrogen-bond acceptors (Lipinski definition) is 5. The number of methoxy groups -OCH3 is 2. The van der Waals surface area contributed by atoms with Crippen molar-refractivity contribution < 1.29 is 14.2 Å². The summed E-state index contributed by atoms with van der Waals surface area (Å²) in [5.41, 5.74) is 2.09. The van der Waals surface area contributed by atoms with Gasteiger partial charge in [0, 0.05) is 24.9 Å². The number of aliphatic imine (C=N–C) groups is 1. The molecule has 2 aliphatic heterocycles. The topological polar surface area (TPSA) is 43.3 Å². The lowest BCUT2D eigenvalue weighted by molar-refractivity contribution is 0.0818. The van der Waals surface area contributed by atoms with Gasteiger partial charge in [-0.2, -0.15) is 0 Å². The smallest absolute Gasteiger partial charge is 0.228 e. The molecule has 0 fully saturated rings. The van der Waals surface area contributed by atoms with Crippen LogP contribution < -0.4 is 19.1 Å². The maximum Gasteiger partial charge on any atom is 0.228 e. The van der Waals surface area contributed by atoms with Crippen LogP contribution in [0.3, 0.4) is 0 Å². The molecule has 1 unspecified atom stereocenters. The van der Waals surface area contributed by atoms with Gasteiger partial charge >= 0.3 is 0 Å². The van der Waals surface area contributed by atoms with Crippen LogP contribution >= 0.6 is 0 Å². The first-order valence-corrected chi connectivity index (χ1v) is 8.28. The third-order valence-corrected chi connectivity index (χ3v) is 5.44. The molecule has 2 heterocycles. The SMILES string of the molecule is COc1cc(OC)c2c(c1)OC1(C=N2)N(C)c2ccccc2C1(C)C. The average molecular weight is 338 g/mol. The van der Waals surface area contributed by atoms with Crippen molar-refractivity contribution in [1.29, 1.82) is 0 Å². The van der Waals surface area contributed by atoms with Crippen LogP contribution in [-0.4, -0.2) is 33.2 Å². The highest BCUT2D eigenvalue weighted by Gasteiger charge is 2.58. The van der Waals surface area contributed by atoms with E-state index < -0.39 is 5.72 Å². The molecule has 0 saturated carbocycles. The normalized spacial score (nSPS) is 22.4. The summed E-state index contributed by atoms with van der Waals surface area (Å²) in [6.07, 6.45) is 1.89. The molecule has 0 saturated heterocycles. The Kier molecular flexibility index (Phi) is 3.26. The van der Waals surface area contributed by atoms with E-state index in [4.69, 9.17) is 19.2 Å². The van der Waals surface area contributed by atoms with Gasteiger partial charge < -0.3 is 19.1 Å². The highest BCUT2D eigenvalue weighted by atomic mass is 16.5. The van der Waals surface area contributed by atoms with E-state index in [9.17, 15) is 0 Å². The highest BCUT2D eigenvalue weighted by molar-refractivity contribution is 5.89. The van der Waals surface area contributed by atoms with Crippen LogP contribution in [-0.2, 0) is 5.41 Å². The van der Waals surface area contributed by atoms with Gasteiger partial charge in [0.1, 0.15) is 11.4 Å². The third kappa shape index (κ3) is 1.92. The van der Waals surface area contributed by atoms with Gasteiger partial charge in [-0.15, -0.1) is 0 Å². The molecule has 5 nitrogen and oxygen atoms in total. The fourth-order valence-corrected chi connectivity index (χ4v) is 3.91. The second-order valence-corrected chi connectivity index (χ2v) is 6.93. The van der Waals surface area contributed by atoms with Gasteiger partial charge in [-0.25, -0.2) is 4.99 Å². The van der Waals surface area contributed by atoms with E-state index in [1.807, 2.05) is 31.5 Å². The van der Waals surface area contributed by atoms with E-state index in [0.717, 1.165) is 5.69 Å². The van der Waals surface area contributed by atoms with Gasteiger partial charge in [-0.3, -0.25) is 0 Å². The highest BCUT2D eigenvalue weighted by Crippen LogP contribution is 2.55. The lowest BCUT2D eigenvalue weighted by Crippen LogP contribution is -2.61. The Labute approximate surface area is 147 Å².